The fraction of sp³-hybridized carbons (Fsp3) is 0.143. The molecule has 0 atom stereocenters. The first-order valence-corrected chi connectivity index (χ1v) is 4.90. The summed E-state index contributed by atoms with van der Waals surface area (Å²) < 4.78 is 2.10. The van der Waals surface area contributed by atoms with Gasteiger partial charge >= 0.3 is 0 Å². The van der Waals surface area contributed by atoms with Gasteiger partial charge in [-0.15, -0.1) is 0 Å². The van der Waals surface area contributed by atoms with Gasteiger partial charge in [0.15, 0.2) is 5.82 Å². The summed E-state index contributed by atoms with van der Waals surface area (Å²) in [5.41, 5.74) is 1.23. The van der Waals surface area contributed by atoms with Crippen molar-refractivity contribution >= 4 is 52.8 Å². The smallest absolute Gasteiger partial charge is 0.238 e. The monoisotopic (exact) mass is 265 g/mol. The lowest BCUT2D eigenvalue weighted by Gasteiger charge is -2.27. The second kappa shape index (κ2) is 3.59. The molecule has 0 radical (unpaired) electrons. The van der Waals surface area contributed by atoms with Crippen molar-refractivity contribution in [3.63, 3.8) is 0 Å². The van der Waals surface area contributed by atoms with Crippen LogP contribution >= 0.6 is 35.3 Å². The van der Waals surface area contributed by atoms with E-state index < -0.39 is 0 Å². The third kappa shape index (κ3) is 1.56. The van der Waals surface area contributed by atoms with Gasteiger partial charge in [0.1, 0.15) is 12.0 Å². The molecule has 1 aromatic rings. The minimum Gasteiger partial charge on any atom is -0.312 e. The van der Waals surface area contributed by atoms with Gasteiger partial charge in [0, 0.05) is 42.4 Å². The highest BCUT2D eigenvalue weighted by Crippen LogP contribution is 2.33. The van der Waals surface area contributed by atoms with E-state index in [-0.39, 0.29) is 0 Å². The van der Waals surface area contributed by atoms with Gasteiger partial charge in [0.05, 0.1) is 5.70 Å². The second-order valence-corrected chi connectivity index (χ2v) is 4.09. The zero-order valence-corrected chi connectivity index (χ0v) is 9.92. The summed E-state index contributed by atoms with van der Waals surface area (Å²) in [5.74, 6) is 0.777. The van der Waals surface area contributed by atoms with Crippen molar-refractivity contribution in [2.24, 2.45) is 4.99 Å². The maximum Gasteiger partial charge on any atom is 0.238 e. The molecule has 2 heterocycles. The van der Waals surface area contributed by atoms with Crippen LogP contribution in [0.2, 0.25) is 0 Å². The molecule has 0 N–H and O–H groups in total. The molecule has 1 aliphatic rings. The minimum absolute atomic E-state index is 0.318. The molecule has 0 spiro atoms. The summed E-state index contributed by atoms with van der Waals surface area (Å²) in [7, 11) is 1.73. The van der Waals surface area contributed by atoms with Gasteiger partial charge in [-0.1, -0.05) is 6.58 Å². The van der Waals surface area contributed by atoms with Crippen molar-refractivity contribution in [2.45, 2.75) is 0 Å². The van der Waals surface area contributed by atoms with Crippen LogP contribution in [0.5, 0.6) is 0 Å². The minimum atomic E-state index is 0.318. The molecular formula is C7H6Cl3N5. The molecule has 0 aliphatic carbocycles. The van der Waals surface area contributed by atoms with Crippen molar-refractivity contribution in [1.82, 2.24) is 17.9 Å². The van der Waals surface area contributed by atoms with E-state index in [1.165, 1.54) is 10.4 Å². The van der Waals surface area contributed by atoms with E-state index in [1.807, 2.05) is 0 Å². The number of hydrogen-bond donors (Lipinski definition) is 0. The molecule has 1 aliphatic heterocycles. The van der Waals surface area contributed by atoms with Crippen LogP contribution < -0.4 is 0 Å². The van der Waals surface area contributed by atoms with Crippen LogP contribution in [0.25, 0.3) is 5.70 Å². The van der Waals surface area contributed by atoms with Gasteiger partial charge in [0.2, 0.25) is 5.96 Å². The van der Waals surface area contributed by atoms with E-state index in [0.717, 1.165) is 3.94 Å². The topological polar surface area (TPSA) is 36.7 Å². The molecule has 15 heavy (non-hydrogen) atoms. The first-order valence-electron chi connectivity index (χ1n) is 3.89. The van der Waals surface area contributed by atoms with Gasteiger partial charge in [0.25, 0.3) is 0 Å². The van der Waals surface area contributed by atoms with Crippen LogP contribution in [0.1, 0.15) is 5.69 Å². The normalized spacial score (nSPS) is 15.1. The molecule has 0 amide bonds. The Kier molecular flexibility index (Phi) is 2.54. The molecule has 1 aromatic heterocycles. The maximum atomic E-state index is 5.82. The van der Waals surface area contributed by atoms with Crippen molar-refractivity contribution in [1.29, 1.82) is 0 Å². The van der Waals surface area contributed by atoms with Crippen LogP contribution in [0.15, 0.2) is 17.9 Å². The van der Waals surface area contributed by atoms with Gasteiger partial charge in [-0.05, 0) is 0 Å². The fourth-order valence-electron chi connectivity index (χ4n) is 1.23. The molecule has 2 rings (SSSR count). The molecule has 8 heteroatoms. The Balaban J connectivity index is 2.59. The zero-order chi connectivity index (χ0) is 11.2. The standard InChI is InChI=1S/C7H6Cl3N5/c1-4-5-6(14(8)3-11-5)12-7(13(4)2)15(9)10/h3H,1H2,2H3. The Bertz CT molecular complexity index is 449. The van der Waals surface area contributed by atoms with Gasteiger partial charge in [-0.2, -0.15) is 8.93 Å². The van der Waals surface area contributed by atoms with E-state index in [9.17, 15) is 0 Å². The predicted octanol–water partition coefficient (Wildman–Crippen LogP) is 2.40. The van der Waals surface area contributed by atoms with Crippen molar-refractivity contribution in [2.75, 3.05) is 7.05 Å². The van der Waals surface area contributed by atoms with Crippen LogP contribution in [-0.4, -0.2) is 30.9 Å². The lowest BCUT2D eigenvalue weighted by atomic mass is 10.3. The summed E-state index contributed by atoms with van der Waals surface area (Å²) in [4.78, 5) is 9.82. The summed E-state index contributed by atoms with van der Waals surface area (Å²) in [6.45, 7) is 3.85. The molecule has 5 nitrogen and oxygen atoms in total. The summed E-state index contributed by atoms with van der Waals surface area (Å²) in [6, 6.07) is 0. The number of aliphatic imine (C=N–C) groups is 1. The number of fused-ring (bicyclic) bond motifs is 1. The maximum absolute atomic E-state index is 5.82. The summed E-state index contributed by atoms with van der Waals surface area (Å²) >= 11 is 17.1. The number of imidazole rings is 1. The molecule has 0 saturated carbocycles. The third-order valence-corrected chi connectivity index (χ3v) is 2.59. The molecule has 0 bridgehead atoms. The number of guanidine groups is 1. The summed E-state index contributed by atoms with van der Waals surface area (Å²) in [6.07, 6.45) is 1.44. The Morgan fingerprint density at radius 3 is 2.73 bits per heavy atom. The highest BCUT2D eigenvalue weighted by Gasteiger charge is 2.27. The van der Waals surface area contributed by atoms with Crippen LogP contribution in [0.3, 0.4) is 0 Å². The van der Waals surface area contributed by atoms with Gasteiger partial charge in [-0.3, -0.25) is 0 Å². The number of aromatic nitrogens is 2. The number of nitrogens with zero attached hydrogens (tertiary/aromatic N) is 5. The van der Waals surface area contributed by atoms with Gasteiger partial charge < -0.3 is 4.90 Å². The predicted molar refractivity (Wildman–Crippen MR) is 60.9 cm³/mol. The number of hydrogen-bond acceptors (Lipinski definition) is 4. The van der Waals surface area contributed by atoms with E-state index in [4.69, 9.17) is 35.3 Å². The molecular weight excluding hydrogens is 260 g/mol. The van der Waals surface area contributed by atoms with Crippen molar-refractivity contribution in [3.8, 4) is 0 Å². The third-order valence-electron chi connectivity index (χ3n) is 2.04. The van der Waals surface area contributed by atoms with Gasteiger partial charge in [-0.25, -0.2) is 9.07 Å². The Labute approximate surface area is 101 Å². The van der Waals surface area contributed by atoms with Crippen molar-refractivity contribution in [3.05, 3.63) is 18.6 Å². The molecule has 80 valence electrons. The highest BCUT2D eigenvalue weighted by molar-refractivity contribution is 6.42. The first kappa shape index (κ1) is 10.6. The molecule has 0 fully saturated rings. The largest absolute Gasteiger partial charge is 0.312 e. The average Bonchev–Trinajstić information content (AvgIpc) is 2.53. The zero-order valence-electron chi connectivity index (χ0n) is 7.65. The van der Waals surface area contributed by atoms with Crippen LogP contribution in [0, 0.1) is 0 Å². The average molecular weight is 267 g/mol. The SMILES string of the molecule is C=C1c2ncn(Cl)c2N=C(N(Cl)Cl)N1C. The lowest BCUT2D eigenvalue weighted by molar-refractivity contribution is 0.653. The number of halogens is 3. The lowest BCUT2D eigenvalue weighted by Crippen LogP contribution is -2.33. The number of rotatable bonds is 0. The quantitative estimate of drug-likeness (QED) is 0.677. The van der Waals surface area contributed by atoms with Crippen LogP contribution in [-0.2, 0) is 0 Å². The fourth-order valence-corrected chi connectivity index (χ4v) is 1.69. The molecule has 0 aromatic carbocycles. The van der Waals surface area contributed by atoms with Crippen molar-refractivity contribution < 1.29 is 0 Å². The van der Waals surface area contributed by atoms with Crippen LogP contribution in [0.4, 0.5) is 5.82 Å². The van der Waals surface area contributed by atoms with E-state index in [1.54, 1.807) is 11.9 Å². The Hall–Kier alpha value is -0.910. The second-order valence-electron chi connectivity index (χ2n) is 2.88. The summed E-state index contributed by atoms with van der Waals surface area (Å²) in [5, 5.41) is 0. The Morgan fingerprint density at radius 2 is 2.13 bits per heavy atom. The molecule has 0 saturated heterocycles. The van der Waals surface area contributed by atoms with E-state index in [0.29, 0.717) is 23.2 Å². The molecule has 0 unspecified atom stereocenters. The Morgan fingerprint density at radius 1 is 1.47 bits per heavy atom. The first-order chi connectivity index (χ1) is 7.02. The van der Waals surface area contributed by atoms with E-state index in [2.05, 4.69) is 16.6 Å². The van der Waals surface area contributed by atoms with E-state index >= 15 is 0 Å². The highest BCUT2D eigenvalue weighted by atomic mass is 35.5.